The molecule has 4 atom stereocenters. The van der Waals surface area contributed by atoms with Crippen molar-refractivity contribution in [2.75, 3.05) is 13.7 Å². The molecule has 1 aliphatic heterocycles. The van der Waals surface area contributed by atoms with Crippen LogP contribution in [0, 0.1) is 0 Å². The van der Waals surface area contributed by atoms with Crippen molar-refractivity contribution < 1.29 is 19.0 Å². The Hall–Kier alpha value is -4.05. The molecule has 0 saturated carbocycles. The van der Waals surface area contributed by atoms with E-state index < -0.39 is 47.9 Å². The number of alkyl halides is 1. The second-order valence-corrected chi connectivity index (χ2v) is 9.09. The number of hydrogen-bond donors (Lipinski definition) is 3. The predicted molar refractivity (Wildman–Crippen MR) is 140 cm³/mol. The molecular formula is C29H28FN3O5. The lowest BCUT2D eigenvalue weighted by Crippen LogP contribution is -2.56. The minimum atomic E-state index is -1.75. The molecular weight excluding hydrogens is 489 g/mol. The summed E-state index contributed by atoms with van der Waals surface area (Å²) in [6.07, 6.45) is -2.89. The summed E-state index contributed by atoms with van der Waals surface area (Å²) in [7, 11) is 1.59. The van der Waals surface area contributed by atoms with Gasteiger partial charge in [0.2, 0.25) is 0 Å². The van der Waals surface area contributed by atoms with Crippen LogP contribution < -0.4 is 21.3 Å². The highest BCUT2D eigenvalue weighted by Crippen LogP contribution is 2.41. The van der Waals surface area contributed by atoms with E-state index in [0.717, 1.165) is 27.3 Å². The predicted octanol–water partition coefficient (Wildman–Crippen LogP) is 2.72. The topological polar surface area (TPSA) is 106 Å². The van der Waals surface area contributed by atoms with E-state index in [0.29, 0.717) is 5.75 Å². The van der Waals surface area contributed by atoms with Gasteiger partial charge in [-0.15, -0.1) is 0 Å². The first-order valence-corrected chi connectivity index (χ1v) is 12.2. The Kier molecular flexibility index (Phi) is 7.24. The molecule has 38 heavy (non-hydrogen) atoms. The van der Waals surface area contributed by atoms with Crippen LogP contribution >= 0.6 is 0 Å². The molecule has 0 bridgehead atoms. The van der Waals surface area contributed by atoms with Crippen LogP contribution in [0.4, 0.5) is 4.39 Å². The number of ether oxygens (including phenoxy) is 2. The van der Waals surface area contributed by atoms with Crippen molar-refractivity contribution in [3.05, 3.63) is 135 Å². The number of nitrogens with zero attached hydrogens (tertiary/aromatic N) is 1. The van der Waals surface area contributed by atoms with E-state index in [4.69, 9.17) is 9.47 Å². The molecule has 1 aromatic heterocycles. The molecule has 2 unspecified atom stereocenters. The molecule has 8 nitrogen and oxygen atoms in total. The molecule has 1 fully saturated rings. The number of halogens is 1. The first-order chi connectivity index (χ1) is 18.5. The maximum absolute atomic E-state index is 16.3. The minimum Gasteiger partial charge on any atom is -0.497 e. The number of hydrogen-bond acceptors (Lipinski definition) is 6. The van der Waals surface area contributed by atoms with Gasteiger partial charge in [-0.05, 0) is 28.8 Å². The highest BCUT2D eigenvalue weighted by Gasteiger charge is 2.50. The van der Waals surface area contributed by atoms with Crippen LogP contribution in [0.3, 0.4) is 0 Å². The van der Waals surface area contributed by atoms with E-state index in [1.165, 1.54) is 6.20 Å². The lowest BCUT2D eigenvalue weighted by atomic mass is 9.76. The summed E-state index contributed by atoms with van der Waals surface area (Å²) < 4.78 is 28.5. The Bertz CT molecular complexity index is 1430. The van der Waals surface area contributed by atoms with Gasteiger partial charge < -0.3 is 14.6 Å². The maximum atomic E-state index is 16.3. The van der Waals surface area contributed by atoms with Crippen LogP contribution in [0.15, 0.2) is 107 Å². The zero-order chi connectivity index (χ0) is 26.7. The summed E-state index contributed by atoms with van der Waals surface area (Å²) >= 11 is 0. The van der Waals surface area contributed by atoms with Gasteiger partial charge in [0.05, 0.1) is 25.3 Å². The minimum absolute atomic E-state index is 0.491. The van der Waals surface area contributed by atoms with Gasteiger partial charge in [-0.1, -0.05) is 72.8 Å². The summed E-state index contributed by atoms with van der Waals surface area (Å²) in [4.78, 5) is 26.1. The van der Waals surface area contributed by atoms with Crippen LogP contribution in [0.5, 0.6) is 5.75 Å². The average molecular weight is 518 g/mol. The molecule has 5 rings (SSSR count). The fraction of sp³-hybridized carbons (Fsp3) is 0.241. The number of benzene rings is 3. The van der Waals surface area contributed by atoms with Crippen LogP contribution in [0.2, 0.25) is 0 Å². The summed E-state index contributed by atoms with van der Waals surface area (Å²) in [5.41, 5.74) is 0.0274. The van der Waals surface area contributed by atoms with Crippen molar-refractivity contribution in [2.24, 2.45) is 0 Å². The van der Waals surface area contributed by atoms with Crippen LogP contribution in [-0.4, -0.2) is 46.7 Å². The van der Waals surface area contributed by atoms with Gasteiger partial charge in [0.25, 0.3) is 5.56 Å². The first-order valence-electron chi connectivity index (χ1n) is 12.2. The Morgan fingerprint density at radius 1 is 0.947 bits per heavy atom. The van der Waals surface area contributed by atoms with Crippen LogP contribution in [0.25, 0.3) is 0 Å². The van der Waals surface area contributed by atoms with E-state index in [1.807, 2.05) is 84.9 Å². The third kappa shape index (κ3) is 4.56. The molecule has 0 spiro atoms. The van der Waals surface area contributed by atoms with E-state index >= 15 is 4.39 Å². The Labute approximate surface area is 218 Å². The van der Waals surface area contributed by atoms with E-state index in [-0.39, 0.29) is 0 Å². The SMILES string of the molecule is COc1ccc(C(NC2C(F)[C@@H](n3ccc(=O)[nH]c3=O)O[C@H]2CO)(c2ccccc2)c2ccccc2)cc1. The standard InChI is InChI=1S/C29H28FN3O5/c1-37-22-14-12-21(13-15-22)29(19-8-4-2-5-9-19,20-10-6-3-7-11-20)32-26-23(18-34)38-27(25(26)30)33-17-16-24(35)31-28(33)36/h2-17,23,25-27,32,34H,18H2,1H3,(H,31,35,36)/t23-,25?,26?,27-/m0/s1. The molecule has 1 aliphatic rings. The summed E-state index contributed by atoms with van der Waals surface area (Å²) in [6.45, 7) is -0.491. The Morgan fingerprint density at radius 2 is 1.53 bits per heavy atom. The van der Waals surface area contributed by atoms with Gasteiger partial charge in [0.1, 0.15) is 11.9 Å². The van der Waals surface area contributed by atoms with Crippen molar-refractivity contribution in [3.63, 3.8) is 0 Å². The fourth-order valence-electron chi connectivity index (χ4n) is 5.11. The number of aromatic amines is 1. The second kappa shape index (κ2) is 10.7. The normalized spacial score (nSPS) is 21.3. The van der Waals surface area contributed by atoms with Crippen molar-refractivity contribution in [1.29, 1.82) is 0 Å². The molecule has 0 radical (unpaired) electrons. The first kappa shape index (κ1) is 25.6. The molecule has 0 aliphatic carbocycles. The third-order valence-electron chi connectivity index (χ3n) is 6.96. The van der Waals surface area contributed by atoms with Crippen LogP contribution in [0.1, 0.15) is 22.9 Å². The van der Waals surface area contributed by atoms with Crippen molar-refractivity contribution in [1.82, 2.24) is 14.9 Å². The van der Waals surface area contributed by atoms with Crippen molar-refractivity contribution in [3.8, 4) is 5.75 Å². The molecule has 2 heterocycles. The molecule has 1 saturated heterocycles. The Balaban J connectivity index is 1.67. The lowest BCUT2D eigenvalue weighted by molar-refractivity contribution is -0.0413. The summed E-state index contributed by atoms with van der Waals surface area (Å²) in [6, 6.07) is 26.8. The number of H-pyrrole nitrogens is 1. The summed E-state index contributed by atoms with van der Waals surface area (Å²) in [5, 5.41) is 13.7. The van der Waals surface area contributed by atoms with Gasteiger partial charge in [0, 0.05) is 12.3 Å². The zero-order valence-corrected chi connectivity index (χ0v) is 20.7. The highest BCUT2D eigenvalue weighted by atomic mass is 19.1. The largest absolute Gasteiger partial charge is 0.497 e. The number of methoxy groups -OCH3 is 1. The van der Waals surface area contributed by atoms with E-state index in [2.05, 4.69) is 10.3 Å². The molecule has 4 aromatic rings. The number of aliphatic hydroxyl groups excluding tert-OH is 1. The van der Waals surface area contributed by atoms with Crippen molar-refractivity contribution in [2.45, 2.75) is 30.1 Å². The summed E-state index contributed by atoms with van der Waals surface area (Å²) in [5.74, 6) is 0.669. The molecule has 3 N–H and O–H groups in total. The lowest BCUT2D eigenvalue weighted by Gasteiger charge is -2.40. The molecule has 9 heteroatoms. The molecule has 196 valence electrons. The number of nitrogens with one attached hydrogen (secondary N) is 2. The fourth-order valence-corrected chi connectivity index (χ4v) is 5.11. The number of rotatable bonds is 8. The molecule has 3 aromatic carbocycles. The molecule has 0 amide bonds. The second-order valence-electron chi connectivity index (χ2n) is 9.09. The highest BCUT2D eigenvalue weighted by molar-refractivity contribution is 5.51. The Morgan fingerprint density at radius 3 is 2.05 bits per heavy atom. The zero-order valence-electron chi connectivity index (χ0n) is 20.7. The monoisotopic (exact) mass is 517 g/mol. The number of aromatic nitrogens is 2. The quantitative estimate of drug-likeness (QED) is 0.311. The smallest absolute Gasteiger partial charge is 0.330 e. The number of aliphatic hydroxyl groups is 1. The van der Waals surface area contributed by atoms with Gasteiger partial charge >= 0.3 is 5.69 Å². The van der Waals surface area contributed by atoms with Gasteiger partial charge in [-0.3, -0.25) is 19.7 Å². The maximum Gasteiger partial charge on any atom is 0.330 e. The van der Waals surface area contributed by atoms with E-state index in [1.54, 1.807) is 7.11 Å². The van der Waals surface area contributed by atoms with Gasteiger partial charge in [0.15, 0.2) is 12.4 Å². The van der Waals surface area contributed by atoms with Gasteiger partial charge in [-0.25, -0.2) is 9.18 Å². The average Bonchev–Trinajstić information content (AvgIpc) is 3.27. The van der Waals surface area contributed by atoms with Crippen molar-refractivity contribution >= 4 is 0 Å². The third-order valence-corrected chi connectivity index (χ3v) is 6.96. The van der Waals surface area contributed by atoms with Crippen LogP contribution in [-0.2, 0) is 10.3 Å². The van der Waals surface area contributed by atoms with Gasteiger partial charge in [-0.2, -0.15) is 0 Å². The van der Waals surface area contributed by atoms with E-state index in [9.17, 15) is 14.7 Å².